The number of morpholine rings is 1. The molecule has 5 nitrogen and oxygen atoms in total. The third-order valence-electron chi connectivity index (χ3n) is 3.41. The van der Waals surface area contributed by atoms with Gasteiger partial charge in [-0.05, 0) is 27.7 Å². The van der Waals surface area contributed by atoms with E-state index < -0.39 is 6.10 Å². The van der Waals surface area contributed by atoms with Crippen molar-refractivity contribution in [3.05, 3.63) is 0 Å². The van der Waals surface area contributed by atoms with Crippen LogP contribution in [0.4, 0.5) is 0 Å². The van der Waals surface area contributed by atoms with E-state index >= 15 is 0 Å². The number of β-amino-alcohol motifs (C(OH)–C–C–N with tert-alkyl or cyclic N) is 1. The van der Waals surface area contributed by atoms with Crippen LogP contribution in [-0.2, 0) is 4.74 Å². The van der Waals surface area contributed by atoms with Crippen molar-refractivity contribution >= 4 is 0 Å². The Bertz CT molecular complexity index is 294. The fourth-order valence-corrected chi connectivity index (χ4v) is 2.61. The van der Waals surface area contributed by atoms with Crippen molar-refractivity contribution in [1.29, 1.82) is 5.26 Å². The van der Waals surface area contributed by atoms with Gasteiger partial charge in [0.15, 0.2) is 0 Å². The van der Waals surface area contributed by atoms with Crippen LogP contribution in [0.25, 0.3) is 0 Å². The second kappa shape index (κ2) is 7.81. The van der Waals surface area contributed by atoms with Crippen LogP contribution < -0.4 is 0 Å². The number of aliphatic hydroxyl groups excluding tert-OH is 1. The van der Waals surface area contributed by atoms with Crippen LogP contribution in [0.2, 0.25) is 0 Å². The van der Waals surface area contributed by atoms with Gasteiger partial charge in [0.2, 0.25) is 0 Å². The number of hydrogen-bond acceptors (Lipinski definition) is 5. The summed E-state index contributed by atoms with van der Waals surface area (Å²) in [5, 5.41) is 19.0. The molecule has 5 heteroatoms. The molecule has 3 atom stereocenters. The second-order valence-electron chi connectivity index (χ2n) is 5.81. The Morgan fingerprint density at radius 1 is 1.37 bits per heavy atom. The maximum Gasteiger partial charge on any atom is 0.0869 e. The molecule has 0 amide bonds. The van der Waals surface area contributed by atoms with E-state index in [9.17, 15) is 5.11 Å². The Labute approximate surface area is 116 Å². The van der Waals surface area contributed by atoms with Crippen molar-refractivity contribution in [1.82, 2.24) is 9.80 Å². The molecule has 19 heavy (non-hydrogen) atoms. The molecule has 0 spiro atoms. The van der Waals surface area contributed by atoms with Gasteiger partial charge in [0, 0.05) is 32.2 Å². The molecule has 1 saturated heterocycles. The number of hydrogen-bond donors (Lipinski definition) is 1. The Morgan fingerprint density at radius 2 is 1.95 bits per heavy atom. The smallest absolute Gasteiger partial charge is 0.0869 e. The molecule has 0 aromatic heterocycles. The summed E-state index contributed by atoms with van der Waals surface area (Å²) in [5.41, 5.74) is 0. The largest absolute Gasteiger partial charge is 0.390 e. The van der Waals surface area contributed by atoms with Crippen LogP contribution in [0.5, 0.6) is 0 Å². The zero-order valence-corrected chi connectivity index (χ0v) is 12.5. The molecule has 1 N–H and O–H groups in total. The molecule has 0 aromatic carbocycles. The molecule has 0 aliphatic carbocycles. The number of aliphatic hydroxyl groups is 1. The number of ether oxygens (including phenoxy) is 1. The van der Waals surface area contributed by atoms with E-state index in [1.54, 1.807) is 0 Å². The van der Waals surface area contributed by atoms with Crippen LogP contribution in [0.15, 0.2) is 0 Å². The SMILES string of the molecule is CC1CN(CC(O)CN(CC#N)C(C)C)CC(C)O1. The van der Waals surface area contributed by atoms with Gasteiger partial charge in [-0.15, -0.1) is 0 Å². The maximum atomic E-state index is 10.2. The van der Waals surface area contributed by atoms with Gasteiger partial charge in [0.1, 0.15) is 0 Å². The van der Waals surface area contributed by atoms with Gasteiger partial charge in [-0.2, -0.15) is 5.26 Å². The predicted molar refractivity (Wildman–Crippen MR) is 74.8 cm³/mol. The minimum absolute atomic E-state index is 0.219. The van der Waals surface area contributed by atoms with Crippen molar-refractivity contribution in [3.8, 4) is 6.07 Å². The number of rotatable bonds is 6. The molecule has 1 heterocycles. The third kappa shape index (κ3) is 5.87. The molecule has 0 saturated carbocycles. The molecule has 1 fully saturated rings. The maximum absolute atomic E-state index is 10.2. The minimum atomic E-state index is -0.423. The highest BCUT2D eigenvalue weighted by Crippen LogP contribution is 2.11. The van der Waals surface area contributed by atoms with Gasteiger partial charge in [0.05, 0.1) is 30.9 Å². The van der Waals surface area contributed by atoms with Crippen LogP contribution in [0.3, 0.4) is 0 Å². The molecule has 1 rings (SSSR count). The lowest BCUT2D eigenvalue weighted by atomic mass is 10.2. The van der Waals surface area contributed by atoms with E-state index in [1.165, 1.54) is 0 Å². The normalized spacial score (nSPS) is 26.6. The van der Waals surface area contributed by atoms with Crippen molar-refractivity contribution in [2.75, 3.05) is 32.7 Å². The average molecular weight is 269 g/mol. The summed E-state index contributed by atoms with van der Waals surface area (Å²) in [5.74, 6) is 0. The fraction of sp³-hybridized carbons (Fsp3) is 0.929. The van der Waals surface area contributed by atoms with Gasteiger partial charge < -0.3 is 9.84 Å². The quantitative estimate of drug-likeness (QED) is 0.719. The van der Waals surface area contributed by atoms with E-state index in [1.807, 2.05) is 18.7 Å². The molecular weight excluding hydrogens is 242 g/mol. The summed E-state index contributed by atoms with van der Waals surface area (Å²) in [6.45, 7) is 11.5. The van der Waals surface area contributed by atoms with Crippen LogP contribution >= 0.6 is 0 Å². The number of nitrogens with zero attached hydrogens (tertiary/aromatic N) is 3. The molecule has 1 aliphatic heterocycles. The first-order valence-corrected chi connectivity index (χ1v) is 7.09. The Hall–Kier alpha value is -0.670. The topological polar surface area (TPSA) is 59.7 Å². The first kappa shape index (κ1) is 16.4. The van der Waals surface area contributed by atoms with Crippen molar-refractivity contribution in [3.63, 3.8) is 0 Å². The number of nitriles is 1. The van der Waals surface area contributed by atoms with Crippen LogP contribution in [-0.4, -0.2) is 72.0 Å². The van der Waals surface area contributed by atoms with Crippen molar-refractivity contribution in [2.24, 2.45) is 0 Å². The van der Waals surface area contributed by atoms with Crippen LogP contribution in [0.1, 0.15) is 27.7 Å². The predicted octanol–water partition coefficient (Wildman–Crippen LogP) is 0.690. The zero-order valence-electron chi connectivity index (χ0n) is 12.5. The summed E-state index contributed by atoms with van der Waals surface area (Å²) in [4.78, 5) is 4.24. The standard InChI is InChI=1S/C14H27N3O2/c1-11(2)17(6-5-15)10-14(18)9-16-7-12(3)19-13(4)8-16/h11-14,18H,6-10H2,1-4H3. The van der Waals surface area contributed by atoms with Gasteiger partial charge in [-0.3, -0.25) is 9.80 Å². The highest BCUT2D eigenvalue weighted by molar-refractivity contribution is 4.82. The Kier molecular flexibility index (Phi) is 6.73. The molecule has 0 radical (unpaired) electrons. The van der Waals surface area contributed by atoms with E-state index in [2.05, 4.69) is 24.8 Å². The summed E-state index contributed by atoms with van der Waals surface area (Å²) in [6.07, 6.45) is 0.0146. The minimum Gasteiger partial charge on any atom is -0.390 e. The monoisotopic (exact) mass is 269 g/mol. The lowest BCUT2D eigenvalue weighted by Crippen LogP contribution is -2.50. The Morgan fingerprint density at radius 3 is 2.42 bits per heavy atom. The lowest BCUT2D eigenvalue weighted by Gasteiger charge is -2.37. The summed E-state index contributed by atoms with van der Waals surface area (Å²) in [6, 6.07) is 2.43. The highest BCUT2D eigenvalue weighted by Gasteiger charge is 2.24. The highest BCUT2D eigenvalue weighted by atomic mass is 16.5. The molecule has 0 aromatic rings. The molecular formula is C14H27N3O2. The first-order valence-electron chi connectivity index (χ1n) is 7.09. The van der Waals surface area contributed by atoms with Crippen LogP contribution in [0, 0.1) is 11.3 Å². The molecule has 0 bridgehead atoms. The van der Waals surface area contributed by atoms with Gasteiger partial charge in [-0.1, -0.05) is 0 Å². The van der Waals surface area contributed by atoms with Crippen molar-refractivity contribution < 1.29 is 9.84 Å². The average Bonchev–Trinajstić information content (AvgIpc) is 2.26. The lowest BCUT2D eigenvalue weighted by molar-refractivity contribution is -0.0782. The Balaban J connectivity index is 2.41. The van der Waals surface area contributed by atoms with E-state index in [4.69, 9.17) is 10.00 Å². The summed E-state index contributed by atoms with van der Waals surface area (Å²) >= 11 is 0. The first-order chi connectivity index (χ1) is 8.92. The summed E-state index contributed by atoms with van der Waals surface area (Å²) in [7, 11) is 0. The zero-order chi connectivity index (χ0) is 14.4. The van der Waals surface area contributed by atoms with Gasteiger partial charge in [-0.25, -0.2) is 0 Å². The van der Waals surface area contributed by atoms with Gasteiger partial charge >= 0.3 is 0 Å². The third-order valence-corrected chi connectivity index (χ3v) is 3.41. The summed E-state index contributed by atoms with van der Waals surface area (Å²) < 4.78 is 5.68. The molecule has 3 unspecified atom stereocenters. The van der Waals surface area contributed by atoms with Gasteiger partial charge in [0.25, 0.3) is 0 Å². The van der Waals surface area contributed by atoms with E-state index in [0.29, 0.717) is 19.6 Å². The van der Waals surface area contributed by atoms with E-state index in [0.717, 1.165) is 13.1 Å². The fourth-order valence-electron chi connectivity index (χ4n) is 2.61. The van der Waals surface area contributed by atoms with E-state index in [-0.39, 0.29) is 18.2 Å². The molecule has 1 aliphatic rings. The second-order valence-corrected chi connectivity index (χ2v) is 5.81. The molecule has 110 valence electrons. The van der Waals surface area contributed by atoms with Crippen molar-refractivity contribution in [2.45, 2.75) is 52.0 Å².